The largest absolute Gasteiger partial charge is 0.295 e. The van der Waals surface area contributed by atoms with Crippen molar-refractivity contribution in [1.82, 2.24) is 4.98 Å². The van der Waals surface area contributed by atoms with Gasteiger partial charge in [0.25, 0.3) is 5.69 Å². The van der Waals surface area contributed by atoms with Crippen LogP contribution < -0.4 is 0 Å². The number of halogens is 1. The first-order chi connectivity index (χ1) is 6.70. The van der Waals surface area contributed by atoms with Crippen molar-refractivity contribution in [3.8, 4) is 0 Å². The van der Waals surface area contributed by atoms with E-state index in [1.54, 1.807) is 18.3 Å². The van der Waals surface area contributed by atoms with Gasteiger partial charge < -0.3 is 0 Å². The molecule has 0 amide bonds. The second kappa shape index (κ2) is 3.23. The highest BCUT2D eigenvalue weighted by Crippen LogP contribution is 2.32. The molecule has 14 heavy (non-hydrogen) atoms. The van der Waals surface area contributed by atoms with Gasteiger partial charge in [0.1, 0.15) is 5.02 Å². The Kier molecular flexibility index (Phi) is 2.05. The van der Waals surface area contributed by atoms with Gasteiger partial charge in [0.2, 0.25) is 0 Å². The Balaban J connectivity index is 2.90. The topological polar surface area (TPSA) is 56.0 Å². The molecule has 70 valence electrons. The van der Waals surface area contributed by atoms with Gasteiger partial charge in [0.15, 0.2) is 0 Å². The zero-order valence-electron chi connectivity index (χ0n) is 6.98. The third-order valence-electron chi connectivity index (χ3n) is 1.93. The molecule has 0 atom stereocenters. The first-order valence-corrected chi connectivity index (χ1v) is 4.24. The smallest absolute Gasteiger partial charge is 0.264 e. The molecule has 0 aliphatic heterocycles. The minimum absolute atomic E-state index is 0.0634. The standard InChI is InChI=1S/C9H5ClN2O2/c10-8-2-1-6-5-11-4-3-7(6)9(8)12(13)14/h1-5H. The number of nitro benzene ring substituents is 1. The van der Waals surface area contributed by atoms with Gasteiger partial charge in [-0.1, -0.05) is 17.7 Å². The Morgan fingerprint density at radius 2 is 2.14 bits per heavy atom. The molecule has 0 spiro atoms. The zero-order chi connectivity index (χ0) is 10.1. The van der Waals surface area contributed by atoms with E-state index in [4.69, 9.17) is 11.6 Å². The monoisotopic (exact) mass is 208 g/mol. The number of nitrogens with zero attached hydrogens (tertiary/aromatic N) is 2. The SMILES string of the molecule is O=[N+]([O-])c1c(Cl)ccc2cnccc12. The van der Waals surface area contributed by atoms with E-state index in [0.29, 0.717) is 10.8 Å². The lowest BCUT2D eigenvalue weighted by Crippen LogP contribution is -1.90. The van der Waals surface area contributed by atoms with Gasteiger partial charge in [0.05, 0.1) is 10.3 Å². The van der Waals surface area contributed by atoms with Crippen molar-refractivity contribution in [1.29, 1.82) is 0 Å². The Bertz CT molecular complexity index is 513. The molecule has 1 aromatic heterocycles. The molecular formula is C9H5ClN2O2. The Morgan fingerprint density at radius 1 is 1.36 bits per heavy atom. The molecule has 4 nitrogen and oxygen atoms in total. The molecule has 0 aliphatic carbocycles. The molecule has 0 saturated carbocycles. The Morgan fingerprint density at radius 3 is 2.86 bits per heavy atom. The Hall–Kier alpha value is -1.68. The fraction of sp³-hybridized carbons (Fsp3) is 0. The third-order valence-corrected chi connectivity index (χ3v) is 2.23. The normalized spacial score (nSPS) is 10.4. The number of hydrogen-bond acceptors (Lipinski definition) is 3. The zero-order valence-corrected chi connectivity index (χ0v) is 7.73. The number of nitro groups is 1. The molecule has 5 heteroatoms. The minimum atomic E-state index is -0.481. The predicted octanol–water partition coefficient (Wildman–Crippen LogP) is 2.80. The van der Waals surface area contributed by atoms with Gasteiger partial charge in [-0.25, -0.2) is 0 Å². The lowest BCUT2D eigenvalue weighted by molar-refractivity contribution is -0.382. The third kappa shape index (κ3) is 1.29. The molecule has 2 aromatic rings. The molecular weight excluding hydrogens is 204 g/mol. The lowest BCUT2D eigenvalue weighted by Gasteiger charge is -1.99. The van der Waals surface area contributed by atoms with Crippen LogP contribution in [-0.2, 0) is 0 Å². The van der Waals surface area contributed by atoms with Gasteiger partial charge in [-0.2, -0.15) is 0 Å². The number of benzene rings is 1. The number of aromatic nitrogens is 1. The van der Waals surface area contributed by atoms with E-state index < -0.39 is 4.92 Å². The van der Waals surface area contributed by atoms with Crippen molar-refractivity contribution in [3.63, 3.8) is 0 Å². The highest BCUT2D eigenvalue weighted by molar-refractivity contribution is 6.34. The van der Waals surface area contributed by atoms with Crippen molar-refractivity contribution in [2.75, 3.05) is 0 Å². The number of hydrogen-bond donors (Lipinski definition) is 0. The van der Waals surface area contributed by atoms with Crippen LogP contribution in [-0.4, -0.2) is 9.91 Å². The second-order valence-electron chi connectivity index (χ2n) is 2.75. The first kappa shape index (κ1) is 8.90. The summed E-state index contributed by atoms with van der Waals surface area (Å²) >= 11 is 5.74. The molecule has 2 rings (SSSR count). The molecule has 0 bridgehead atoms. The summed E-state index contributed by atoms with van der Waals surface area (Å²) in [5, 5.41) is 12.1. The first-order valence-electron chi connectivity index (χ1n) is 3.87. The van der Waals surface area contributed by atoms with E-state index in [2.05, 4.69) is 4.98 Å². The molecule has 1 heterocycles. The van der Waals surface area contributed by atoms with Crippen LogP contribution in [0, 0.1) is 10.1 Å². The maximum atomic E-state index is 10.7. The molecule has 0 fully saturated rings. The number of pyridine rings is 1. The van der Waals surface area contributed by atoms with Crippen LogP contribution in [0.25, 0.3) is 10.8 Å². The van der Waals surface area contributed by atoms with E-state index in [-0.39, 0.29) is 10.7 Å². The maximum Gasteiger partial charge on any atom is 0.295 e. The minimum Gasteiger partial charge on any atom is -0.264 e. The van der Waals surface area contributed by atoms with Gasteiger partial charge in [-0.15, -0.1) is 0 Å². The van der Waals surface area contributed by atoms with Crippen LogP contribution in [0.15, 0.2) is 30.6 Å². The van der Waals surface area contributed by atoms with E-state index in [1.807, 2.05) is 0 Å². The van der Waals surface area contributed by atoms with Crippen molar-refractivity contribution in [2.45, 2.75) is 0 Å². The highest BCUT2D eigenvalue weighted by Gasteiger charge is 2.16. The van der Waals surface area contributed by atoms with Gasteiger partial charge in [0, 0.05) is 17.8 Å². The summed E-state index contributed by atoms with van der Waals surface area (Å²) in [5.41, 5.74) is -0.0634. The molecule has 0 unspecified atom stereocenters. The van der Waals surface area contributed by atoms with Crippen LogP contribution in [0.3, 0.4) is 0 Å². The summed E-state index contributed by atoms with van der Waals surface area (Å²) in [4.78, 5) is 14.1. The Labute approximate surface area is 84.3 Å². The van der Waals surface area contributed by atoms with Gasteiger partial charge >= 0.3 is 0 Å². The number of fused-ring (bicyclic) bond motifs is 1. The van der Waals surface area contributed by atoms with Gasteiger partial charge in [-0.3, -0.25) is 15.1 Å². The summed E-state index contributed by atoms with van der Waals surface area (Å²) in [5.74, 6) is 0. The summed E-state index contributed by atoms with van der Waals surface area (Å²) in [6, 6.07) is 4.79. The summed E-state index contributed by atoms with van der Waals surface area (Å²) < 4.78 is 0. The van der Waals surface area contributed by atoms with Crippen LogP contribution in [0.1, 0.15) is 0 Å². The maximum absolute atomic E-state index is 10.7. The van der Waals surface area contributed by atoms with E-state index in [0.717, 1.165) is 0 Å². The van der Waals surface area contributed by atoms with E-state index >= 15 is 0 Å². The second-order valence-corrected chi connectivity index (χ2v) is 3.16. The highest BCUT2D eigenvalue weighted by atomic mass is 35.5. The number of rotatable bonds is 1. The summed E-state index contributed by atoms with van der Waals surface area (Å²) in [6.07, 6.45) is 3.07. The lowest BCUT2D eigenvalue weighted by atomic mass is 10.1. The average Bonchev–Trinajstić information content (AvgIpc) is 2.17. The fourth-order valence-electron chi connectivity index (χ4n) is 1.31. The van der Waals surface area contributed by atoms with Crippen LogP contribution in [0.4, 0.5) is 5.69 Å². The fourth-order valence-corrected chi connectivity index (χ4v) is 1.55. The summed E-state index contributed by atoms with van der Waals surface area (Å²) in [6.45, 7) is 0. The van der Waals surface area contributed by atoms with Crippen molar-refractivity contribution in [3.05, 3.63) is 45.7 Å². The quantitative estimate of drug-likeness (QED) is 0.535. The molecule has 0 radical (unpaired) electrons. The van der Waals surface area contributed by atoms with Crippen molar-refractivity contribution < 1.29 is 4.92 Å². The van der Waals surface area contributed by atoms with Crippen LogP contribution in [0.2, 0.25) is 5.02 Å². The van der Waals surface area contributed by atoms with E-state index in [1.165, 1.54) is 12.3 Å². The van der Waals surface area contributed by atoms with Crippen molar-refractivity contribution >= 4 is 28.1 Å². The molecule has 0 aliphatic rings. The van der Waals surface area contributed by atoms with Crippen LogP contribution >= 0.6 is 11.6 Å². The summed E-state index contributed by atoms with van der Waals surface area (Å²) in [7, 11) is 0. The molecule has 0 N–H and O–H groups in total. The van der Waals surface area contributed by atoms with E-state index in [9.17, 15) is 10.1 Å². The van der Waals surface area contributed by atoms with Crippen molar-refractivity contribution in [2.24, 2.45) is 0 Å². The average molecular weight is 209 g/mol. The predicted molar refractivity (Wildman–Crippen MR) is 53.4 cm³/mol. The van der Waals surface area contributed by atoms with Gasteiger partial charge in [-0.05, 0) is 12.1 Å². The van der Waals surface area contributed by atoms with Crippen LogP contribution in [0.5, 0.6) is 0 Å². The molecule has 0 saturated heterocycles. The molecule has 1 aromatic carbocycles.